The second-order valence-corrected chi connectivity index (χ2v) is 2.25. The summed E-state index contributed by atoms with van der Waals surface area (Å²) in [6, 6.07) is -1.26. The Morgan fingerprint density at radius 1 is 1.50 bits per heavy atom. The van der Waals surface area contributed by atoms with Crippen molar-refractivity contribution in [3.8, 4) is 0 Å². The maximum atomic E-state index is 10.7. The Morgan fingerprint density at radius 3 is 2.33 bits per heavy atom. The van der Waals surface area contributed by atoms with Crippen molar-refractivity contribution < 1.29 is 19.5 Å². The molecule has 2 amide bonds. The Hall–Kier alpha value is -1.43. The molecule has 4 N–H and O–H groups in total. The highest BCUT2D eigenvalue weighted by Gasteiger charge is 2.16. The highest BCUT2D eigenvalue weighted by atomic mass is 16.4. The van der Waals surface area contributed by atoms with Gasteiger partial charge in [-0.05, 0) is 0 Å². The Labute approximate surface area is 68.7 Å². The van der Waals surface area contributed by atoms with Gasteiger partial charge >= 0.3 is 5.97 Å². The molecule has 68 valence electrons. The van der Waals surface area contributed by atoms with Gasteiger partial charge in [0.1, 0.15) is 6.04 Å². The summed E-state index contributed by atoms with van der Waals surface area (Å²) in [5, 5.41) is 10.2. The number of hydrogen-bond donors (Lipinski definition) is 3. The summed E-state index contributed by atoms with van der Waals surface area (Å²) >= 11 is 0. The number of imide groups is 1. The minimum Gasteiger partial charge on any atom is -0.480 e. The van der Waals surface area contributed by atoms with Gasteiger partial charge in [0.05, 0.1) is 6.42 Å². The summed E-state index contributed by atoms with van der Waals surface area (Å²) in [5.41, 5.74) is 5.02. The molecular formula is C6H10N2O4. The van der Waals surface area contributed by atoms with E-state index in [1.165, 1.54) is 0 Å². The van der Waals surface area contributed by atoms with E-state index in [0.29, 0.717) is 0 Å². The number of nitrogens with two attached hydrogens (primary N) is 1. The summed E-state index contributed by atoms with van der Waals surface area (Å²) in [6.07, 6.45) is -0.394. The average Bonchev–Trinajstić information content (AvgIpc) is 1.84. The summed E-state index contributed by atoms with van der Waals surface area (Å²) in [4.78, 5) is 31.1. The van der Waals surface area contributed by atoms with E-state index in [-0.39, 0.29) is 0 Å². The molecule has 0 aliphatic rings. The van der Waals surface area contributed by atoms with E-state index < -0.39 is 30.2 Å². The molecule has 6 heteroatoms. The van der Waals surface area contributed by atoms with E-state index >= 15 is 0 Å². The molecule has 0 saturated heterocycles. The minimum atomic E-state index is -1.27. The zero-order valence-corrected chi connectivity index (χ0v) is 6.53. The van der Waals surface area contributed by atoms with E-state index in [2.05, 4.69) is 0 Å². The predicted molar refractivity (Wildman–Crippen MR) is 39.1 cm³/mol. The molecule has 0 saturated carbocycles. The Bertz CT molecular complexity index is 214. The molecule has 0 spiro atoms. The molecule has 12 heavy (non-hydrogen) atoms. The van der Waals surface area contributed by atoms with Gasteiger partial charge in [0, 0.05) is 6.92 Å². The van der Waals surface area contributed by atoms with E-state index in [1.807, 2.05) is 5.32 Å². The number of hydrogen-bond acceptors (Lipinski definition) is 4. The van der Waals surface area contributed by atoms with Crippen molar-refractivity contribution in [2.75, 3.05) is 0 Å². The Balaban J connectivity index is 3.85. The SMILES string of the molecule is CC(=O)NC(=O)C[C@@H](N)C(=O)O. The van der Waals surface area contributed by atoms with Crippen molar-refractivity contribution in [3.63, 3.8) is 0 Å². The van der Waals surface area contributed by atoms with Gasteiger partial charge < -0.3 is 10.8 Å². The monoisotopic (exact) mass is 174 g/mol. The zero-order valence-electron chi connectivity index (χ0n) is 6.53. The molecule has 0 aliphatic carbocycles. The number of aliphatic carboxylic acids is 1. The fourth-order valence-corrected chi connectivity index (χ4v) is 0.534. The molecule has 0 aliphatic heterocycles. The first-order valence-corrected chi connectivity index (χ1v) is 3.22. The highest BCUT2D eigenvalue weighted by Crippen LogP contribution is 1.87. The van der Waals surface area contributed by atoms with Crippen LogP contribution in [0.2, 0.25) is 0 Å². The maximum absolute atomic E-state index is 10.7. The largest absolute Gasteiger partial charge is 0.480 e. The van der Waals surface area contributed by atoms with Crippen LogP contribution in [0.15, 0.2) is 0 Å². The van der Waals surface area contributed by atoms with Crippen LogP contribution < -0.4 is 11.1 Å². The molecule has 0 aromatic heterocycles. The number of carboxylic acid groups (broad SMARTS) is 1. The van der Waals surface area contributed by atoms with Gasteiger partial charge in [0.15, 0.2) is 0 Å². The highest BCUT2D eigenvalue weighted by molar-refractivity contribution is 5.95. The van der Waals surface area contributed by atoms with E-state index in [9.17, 15) is 14.4 Å². The molecular weight excluding hydrogens is 164 g/mol. The molecule has 0 fully saturated rings. The first-order chi connectivity index (χ1) is 5.43. The van der Waals surface area contributed by atoms with Crippen LogP contribution in [-0.4, -0.2) is 28.9 Å². The van der Waals surface area contributed by atoms with Crippen LogP contribution in [-0.2, 0) is 14.4 Å². The second kappa shape index (κ2) is 4.45. The molecule has 0 bridgehead atoms. The molecule has 0 rings (SSSR count). The Kier molecular flexibility index (Phi) is 3.92. The van der Waals surface area contributed by atoms with Crippen molar-refractivity contribution in [3.05, 3.63) is 0 Å². The summed E-state index contributed by atoms with van der Waals surface area (Å²) in [7, 11) is 0. The van der Waals surface area contributed by atoms with Crippen molar-refractivity contribution in [2.24, 2.45) is 5.73 Å². The topological polar surface area (TPSA) is 109 Å². The van der Waals surface area contributed by atoms with Gasteiger partial charge in [-0.3, -0.25) is 19.7 Å². The van der Waals surface area contributed by atoms with E-state index in [1.54, 1.807) is 0 Å². The smallest absolute Gasteiger partial charge is 0.321 e. The molecule has 0 aromatic rings. The van der Waals surface area contributed by atoms with Crippen LogP contribution in [0, 0.1) is 0 Å². The van der Waals surface area contributed by atoms with Crippen LogP contribution in [0.1, 0.15) is 13.3 Å². The van der Waals surface area contributed by atoms with E-state index in [0.717, 1.165) is 6.92 Å². The van der Waals surface area contributed by atoms with Gasteiger partial charge in [-0.25, -0.2) is 0 Å². The summed E-state index contributed by atoms with van der Waals surface area (Å²) < 4.78 is 0. The Morgan fingerprint density at radius 2 is 2.00 bits per heavy atom. The van der Waals surface area contributed by atoms with Gasteiger partial charge in [0.25, 0.3) is 0 Å². The minimum absolute atomic E-state index is 0.394. The third kappa shape index (κ3) is 4.40. The second-order valence-electron chi connectivity index (χ2n) is 2.25. The molecule has 1 atom stereocenters. The number of rotatable bonds is 3. The van der Waals surface area contributed by atoms with Crippen LogP contribution in [0.4, 0.5) is 0 Å². The van der Waals surface area contributed by atoms with Gasteiger partial charge in [-0.15, -0.1) is 0 Å². The molecule has 0 aromatic carbocycles. The van der Waals surface area contributed by atoms with Crippen molar-refractivity contribution in [1.82, 2.24) is 5.32 Å². The van der Waals surface area contributed by atoms with Gasteiger partial charge in [-0.1, -0.05) is 0 Å². The van der Waals surface area contributed by atoms with Crippen molar-refractivity contribution in [2.45, 2.75) is 19.4 Å². The van der Waals surface area contributed by atoms with E-state index in [4.69, 9.17) is 10.8 Å². The first-order valence-electron chi connectivity index (χ1n) is 3.22. The van der Waals surface area contributed by atoms with Gasteiger partial charge in [-0.2, -0.15) is 0 Å². The average molecular weight is 174 g/mol. The quantitative estimate of drug-likeness (QED) is 0.480. The summed E-state index contributed by atoms with van der Waals surface area (Å²) in [5.74, 6) is -2.48. The third-order valence-electron chi connectivity index (χ3n) is 1.04. The predicted octanol–water partition coefficient (Wildman–Crippen LogP) is -1.55. The normalized spacial score (nSPS) is 11.8. The maximum Gasteiger partial charge on any atom is 0.321 e. The molecule has 6 nitrogen and oxygen atoms in total. The number of amides is 2. The third-order valence-corrected chi connectivity index (χ3v) is 1.04. The van der Waals surface area contributed by atoms with Crippen LogP contribution in [0.3, 0.4) is 0 Å². The number of carboxylic acids is 1. The van der Waals surface area contributed by atoms with Crippen LogP contribution in [0.5, 0.6) is 0 Å². The van der Waals surface area contributed by atoms with Crippen molar-refractivity contribution >= 4 is 17.8 Å². The number of nitrogens with one attached hydrogen (secondary N) is 1. The number of carbonyl (C=O) groups is 3. The summed E-state index contributed by atoms with van der Waals surface area (Å²) in [6.45, 7) is 1.16. The lowest BCUT2D eigenvalue weighted by Gasteiger charge is -2.04. The van der Waals surface area contributed by atoms with Crippen molar-refractivity contribution in [1.29, 1.82) is 0 Å². The molecule has 0 unspecified atom stereocenters. The lowest BCUT2D eigenvalue weighted by molar-refractivity contribution is -0.141. The fraction of sp³-hybridized carbons (Fsp3) is 0.500. The number of carbonyl (C=O) groups excluding carboxylic acids is 2. The van der Waals surface area contributed by atoms with Crippen LogP contribution >= 0.6 is 0 Å². The first kappa shape index (κ1) is 10.6. The fourth-order valence-electron chi connectivity index (χ4n) is 0.534. The standard InChI is InChI=1S/C6H10N2O4/c1-3(9)8-5(10)2-4(7)6(11)12/h4H,2,7H2,1H3,(H,11,12)(H,8,9,10)/t4-/m1/s1. The molecule has 0 heterocycles. The lowest BCUT2D eigenvalue weighted by Crippen LogP contribution is -2.38. The van der Waals surface area contributed by atoms with Gasteiger partial charge in [0.2, 0.25) is 11.8 Å². The zero-order chi connectivity index (χ0) is 9.72. The van der Waals surface area contributed by atoms with Crippen LogP contribution in [0.25, 0.3) is 0 Å². The lowest BCUT2D eigenvalue weighted by atomic mass is 10.2. The molecule has 0 radical (unpaired) electrons.